The Hall–Kier alpha value is -3.83. The number of ether oxygens (including phenoxy) is 1. The molecule has 2 amide bonds. The summed E-state index contributed by atoms with van der Waals surface area (Å²) in [5, 5.41) is 23.0. The number of alkyl halides is 6. The van der Waals surface area contributed by atoms with Gasteiger partial charge in [-0.3, -0.25) is 19.4 Å². The van der Waals surface area contributed by atoms with Crippen LogP contribution in [-0.2, 0) is 27.5 Å². The number of likely N-dealkylation sites (tertiary alicyclic amines) is 2. The van der Waals surface area contributed by atoms with Gasteiger partial charge in [0.2, 0.25) is 5.60 Å². The third-order valence-electron chi connectivity index (χ3n) is 11.3. The lowest BCUT2D eigenvalue weighted by Crippen LogP contribution is -2.68. The lowest BCUT2D eigenvalue weighted by atomic mass is 9.78. The van der Waals surface area contributed by atoms with Crippen LogP contribution in [0.3, 0.4) is 0 Å². The van der Waals surface area contributed by atoms with Gasteiger partial charge in [0, 0.05) is 53.8 Å². The molecule has 0 bridgehead atoms. The average Bonchev–Trinajstić information content (AvgIpc) is 3.79. The SMILES string of the molecule is CCC[C@H]1N(C(=O)c2ncccc2C(F)(F)F)CCC[C@@]1(Oc1csc(C(F)(F)F)c1)C(=O)N1CCC(O)(c2ccccc2S[C@@H]2CC[C@@](C)(C(=O)O)C2)CC1. The van der Waals surface area contributed by atoms with Crippen LogP contribution >= 0.6 is 23.1 Å². The minimum Gasteiger partial charge on any atom is -0.481 e. The van der Waals surface area contributed by atoms with Crippen LogP contribution in [0.15, 0.2) is 58.9 Å². The van der Waals surface area contributed by atoms with E-state index in [-0.39, 0.29) is 62.7 Å². The van der Waals surface area contributed by atoms with E-state index in [1.165, 1.54) is 16.7 Å². The molecule has 4 atom stereocenters. The molecule has 1 aliphatic carbocycles. The maximum atomic E-state index is 15.0. The first-order valence-electron chi connectivity index (χ1n) is 18.5. The number of aromatic nitrogens is 1. The molecule has 0 radical (unpaired) electrons. The van der Waals surface area contributed by atoms with E-state index in [1.807, 2.05) is 12.1 Å². The maximum absolute atomic E-state index is 15.0. The molecule has 4 heterocycles. The van der Waals surface area contributed by atoms with Crippen molar-refractivity contribution < 1.29 is 55.7 Å². The number of pyridine rings is 1. The second kappa shape index (κ2) is 15.8. The van der Waals surface area contributed by atoms with E-state index in [0.717, 1.165) is 39.6 Å². The standard InChI is InChI=1S/C39H43F6N3O6S2/c1-3-8-29-37(54-24-21-30(55-23-24)39(43,44)45,13-7-18-48(29)32(49)31-27(38(40,41)42)10-6-17-46-31)33(50)47-19-15-36(53,16-20-47)26-9-4-5-11-28(26)56-25-12-14-35(2,22-25)34(51)52/h4-6,9-11,17,21,23,25,29,53H,3,7-8,12-16,18-20,22H2,1-2H3,(H,51,52)/t25-,29-,35-,37+/m1/s1. The molecule has 9 nitrogen and oxygen atoms in total. The molecular formula is C39H43F6N3O6S2. The van der Waals surface area contributed by atoms with Gasteiger partial charge in [0.1, 0.15) is 16.3 Å². The number of rotatable bonds is 10. The average molecular weight is 828 g/mol. The van der Waals surface area contributed by atoms with E-state index in [2.05, 4.69) is 4.98 Å². The normalized spacial score (nSPS) is 25.6. The number of aliphatic carboxylic acids is 1. The van der Waals surface area contributed by atoms with Crippen molar-refractivity contribution in [3.8, 4) is 5.75 Å². The Morgan fingerprint density at radius 3 is 2.34 bits per heavy atom. The second-order valence-electron chi connectivity index (χ2n) is 15.1. The molecule has 304 valence electrons. The molecular weight excluding hydrogens is 785 g/mol. The molecule has 3 aliphatic rings. The Kier molecular flexibility index (Phi) is 11.8. The molecule has 0 spiro atoms. The summed E-state index contributed by atoms with van der Waals surface area (Å²) in [4.78, 5) is 47.1. The highest BCUT2D eigenvalue weighted by Gasteiger charge is 2.57. The van der Waals surface area contributed by atoms with Gasteiger partial charge in [-0.15, -0.1) is 23.1 Å². The third-order valence-corrected chi connectivity index (χ3v) is 13.6. The molecule has 2 aromatic heterocycles. The minimum absolute atomic E-state index is 0.00263. The summed E-state index contributed by atoms with van der Waals surface area (Å²) < 4.78 is 89.7. The van der Waals surface area contributed by atoms with E-state index < -0.39 is 68.9 Å². The number of carbonyl (C=O) groups is 3. The molecule has 1 saturated carbocycles. The van der Waals surface area contributed by atoms with Crippen LogP contribution < -0.4 is 4.74 Å². The van der Waals surface area contributed by atoms with Crippen molar-refractivity contribution in [1.29, 1.82) is 0 Å². The number of carboxylic acid groups (broad SMARTS) is 1. The number of benzene rings is 1. The summed E-state index contributed by atoms with van der Waals surface area (Å²) in [5.41, 5.74) is -5.68. The number of halogens is 6. The van der Waals surface area contributed by atoms with Crippen molar-refractivity contribution in [1.82, 2.24) is 14.8 Å². The van der Waals surface area contributed by atoms with Crippen molar-refractivity contribution in [2.24, 2.45) is 5.41 Å². The van der Waals surface area contributed by atoms with Crippen molar-refractivity contribution >= 4 is 40.9 Å². The van der Waals surface area contributed by atoms with Crippen LogP contribution in [0.1, 0.15) is 98.1 Å². The van der Waals surface area contributed by atoms with Gasteiger partial charge in [0.05, 0.1) is 22.6 Å². The zero-order chi connectivity index (χ0) is 40.7. The zero-order valence-electron chi connectivity index (χ0n) is 30.8. The number of carboxylic acids is 1. The lowest BCUT2D eigenvalue weighted by molar-refractivity contribution is -0.163. The number of hydrogen-bond acceptors (Lipinski definition) is 8. The maximum Gasteiger partial charge on any atom is 0.425 e. The van der Waals surface area contributed by atoms with Crippen LogP contribution in [0.2, 0.25) is 0 Å². The number of thioether (sulfide) groups is 1. The summed E-state index contributed by atoms with van der Waals surface area (Å²) in [7, 11) is 0. The Morgan fingerprint density at radius 2 is 1.71 bits per heavy atom. The van der Waals surface area contributed by atoms with E-state index >= 15 is 0 Å². The van der Waals surface area contributed by atoms with Crippen molar-refractivity contribution in [2.75, 3.05) is 19.6 Å². The van der Waals surface area contributed by atoms with Crippen LogP contribution in [0, 0.1) is 5.41 Å². The van der Waals surface area contributed by atoms with Crippen LogP contribution in [0.5, 0.6) is 5.75 Å². The minimum atomic E-state index is -4.92. The fourth-order valence-electron chi connectivity index (χ4n) is 8.31. The Bertz CT molecular complexity index is 1930. The summed E-state index contributed by atoms with van der Waals surface area (Å²) in [6.45, 7) is 3.45. The molecule has 6 rings (SSSR count). The molecule has 1 aromatic carbocycles. The molecule has 3 aromatic rings. The summed E-state index contributed by atoms with van der Waals surface area (Å²) in [5.74, 6) is -2.83. The number of nitrogens with zero attached hydrogens (tertiary/aromatic N) is 3. The first-order valence-corrected chi connectivity index (χ1v) is 20.3. The Labute approximate surface area is 328 Å². The number of piperidine rings is 2. The predicted molar refractivity (Wildman–Crippen MR) is 196 cm³/mol. The van der Waals surface area contributed by atoms with Gasteiger partial charge in [-0.1, -0.05) is 31.5 Å². The van der Waals surface area contributed by atoms with Gasteiger partial charge in [0.25, 0.3) is 11.8 Å². The van der Waals surface area contributed by atoms with Gasteiger partial charge < -0.3 is 24.7 Å². The number of aliphatic hydroxyl groups is 1. The molecule has 56 heavy (non-hydrogen) atoms. The van der Waals surface area contributed by atoms with E-state index in [1.54, 1.807) is 26.0 Å². The highest BCUT2D eigenvalue weighted by Crippen LogP contribution is 2.49. The lowest BCUT2D eigenvalue weighted by Gasteiger charge is -2.51. The monoisotopic (exact) mass is 827 g/mol. The van der Waals surface area contributed by atoms with Gasteiger partial charge >= 0.3 is 18.3 Å². The van der Waals surface area contributed by atoms with Crippen LogP contribution in [0.4, 0.5) is 26.3 Å². The quantitative estimate of drug-likeness (QED) is 0.195. The first kappa shape index (κ1) is 41.8. The fourth-order valence-corrected chi connectivity index (χ4v) is 10.6. The highest BCUT2D eigenvalue weighted by molar-refractivity contribution is 8.00. The summed E-state index contributed by atoms with van der Waals surface area (Å²) in [6.07, 6.45) is -6.24. The highest BCUT2D eigenvalue weighted by atomic mass is 32.2. The zero-order valence-corrected chi connectivity index (χ0v) is 32.4. The van der Waals surface area contributed by atoms with E-state index in [9.17, 15) is 50.9 Å². The predicted octanol–water partition coefficient (Wildman–Crippen LogP) is 8.65. The molecule has 2 aliphatic heterocycles. The van der Waals surface area contributed by atoms with Crippen molar-refractivity contribution in [3.63, 3.8) is 0 Å². The van der Waals surface area contributed by atoms with E-state index in [4.69, 9.17) is 4.74 Å². The fraction of sp³-hybridized carbons (Fsp3) is 0.538. The molecule has 2 N–H and O–H groups in total. The Morgan fingerprint density at radius 1 is 1.00 bits per heavy atom. The molecule has 0 unspecified atom stereocenters. The van der Waals surface area contributed by atoms with Crippen molar-refractivity contribution in [2.45, 2.75) is 111 Å². The number of hydrogen-bond donors (Lipinski definition) is 2. The van der Waals surface area contributed by atoms with Gasteiger partial charge in [-0.2, -0.15) is 26.3 Å². The Balaban J connectivity index is 1.31. The third kappa shape index (κ3) is 8.26. The molecule has 3 fully saturated rings. The molecule has 17 heteroatoms. The van der Waals surface area contributed by atoms with Crippen LogP contribution in [0.25, 0.3) is 0 Å². The summed E-state index contributed by atoms with van der Waals surface area (Å²) in [6, 6.07) is 8.70. The number of carbonyl (C=O) groups excluding carboxylic acids is 2. The van der Waals surface area contributed by atoms with Gasteiger partial charge in [0.15, 0.2) is 0 Å². The number of thiophene rings is 1. The van der Waals surface area contributed by atoms with Gasteiger partial charge in [-0.05, 0) is 75.6 Å². The topological polar surface area (TPSA) is 120 Å². The second-order valence-corrected chi connectivity index (χ2v) is 17.4. The largest absolute Gasteiger partial charge is 0.481 e. The first-order chi connectivity index (χ1) is 26.3. The van der Waals surface area contributed by atoms with Gasteiger partial charge in [-0.25, -0.2) is 0 Å². The summed E-state index contributed by atoms with van der Waals surface area (Å²) >= 11 is 1.89. The van der Waals surface area contributed by atoms with Crippen LogP contribution in [-0.4, -0.2) is 79.3 Å². The van der Waals surface area contributed by atoms with E-state index in [0.29, 0.717) is 42.6 Å². The van der Waals surface area contributed by atoms with Crippen molar-refractivity contribution in [3.05, 3.63) is 75.7 Å². The number of amides is 2. The molecule has 2 saturated heterocycles. The smallest absolute Gasteiger partial charge is 0.425 e.